The van der Waals surface area contributed by atoms with Crippen LogP contribution in [-0.2, 0) is 24.0 Å². The molecule has 0 aromatic rings. The number of rotatable bonds is 7. The molecule has 1 aliphatic rings. The summed E-state index contributed by atoms with van der Waals surface area (Å²) in [5, 5.41) is 9.48. The molecule has 7 nitrogen and oxygen atoms in total. The molecule has 1 aliphatic heterocycles. The van der Waals surface area contributed by atoms with Gasteiger partial charge in [0.15, 0.2) is 0 Å². The lowest BCUT2D eigenvalue weighted by molar-refractivity contribution is -0.200. The smallest absolute Gasteiger partial charge is 0.335 e. The number of hydroxylamine groups is 2. The number of carbonyl (C=O) groups excluding carboxylic acids is 3. The Bertz CT molecular complexity index is 336. The van der Waals surface area contributed by atoms with E-state index in [1.165, 1.54) is 7.11 Å². The van der Waals surface area contributed by atoms with E-state index in [0.717, 1.165) is 0 Å². The number of carbonyl (C=O) groups is 3. The van der Waals surface area contributed by atoms with E-state index < -0.39 is 23.7 Å². The second kappa shape index (κ2) is 7.20. The Kier molecular flexibility index (Phi) is 5.91. The zero-order chi connectivity index (χ0) is 14.4. The Labute approximate surface area is 111 Å². The fourth-order valence-electron chi connectivity index (χ4n) is 1.68. The molecule has 1 rings (SSSR count). The highest BCUT2D eigenvalue weighted by atomic mass is 16.7. The summed E-state index contributed by atoms with van der Waals surface area (Å²) in [6.45, 7) is 1.51. The number of methoxy groups -OCH3 is 1. The largest absolute Gasteiger partial charge is 0.394 e. The highest BCUT2D eigenvalue weighted by Crippen LogP contribution is 2.16. The first kappa shape index (κ1) is 15.6. The van der Waals surface area contributed by atoms with Crippen LogP contribution >= 0.6 is 0 Å². The Balaban J connectivity index is 2.40. The maximum absolute atomic E-state index is 11.7. The van der Waals surface area contributed by atoms with Gasteiger partial charge in [0.25, 0.3) is 11.8 Å². The van der Waals surface area contributed by atoms with Crippen molar-refractivity contribution in [2.45, 2.75) is 38.7 Å². The van der Waals surface area contributed by atoms with Gasteiger partial charge in [-0.15, -0.1) is 5.06 Å². The number of amides is 2. The van der Waals surface area contributed by atoms with E-state index in [1.807, 2.05) is 0 Å². The Morgan fingerprint density at radius 3 is 2.37 bits per heavy atom. The minimum atomic E-state index is -0.628. The third-order valence-electron chi connectivity index (χ3n) is 3.05. The van der Waals surface area contributed by atoms with E-state index in [2.05, 4.69) is 0 Å². The lowest BCUT2D eigenvalue weighted by Gasteiger charge is -2.18. The van der Waals surface area contributed by atoms with Crippen LogP contribution in [0.25, 0.3) is 0 Å². The van der Waals surface area contributed by atoms with Gasteiger partial charge in [0.05, 0.1) is 18.6 Å². The van der Waals surface area contributed by atoms with Crippen molar-refractivity contribution in [3.8, 4) is 0 Å². The van der Waals surface area contributed by atoms with Crippen LogP contribution < -0.4 is 0 Å². The van der Waals surface area contributed by atoms with Crippen LogP contribution in [0.2, 0.25) is 0 Å². The highest BCUT2D eigenvalue weighted by Gasteiger charge is 2.33. The van der Waals surface area contributed by atoms with Crippen LogP contribution in [-0.4, -0.2) is 47.8 Å². The van der Waals surface area contributed by atoms with E-state index >= 15 is 0 Å². The van der Waals surface area contributed by atoms with Crippen LogP contribution in [0.3, 0.4) is 0 Å². The van der Waals surface area contributed by atoms with Gasteiger partial charge in [0.1, 0.15) is 0 Å². The van der Waals surface area contributed by atoms with Gasteiger partial charge in [-0.3, -0.25) is 9.59 Å². The zero-order valence-electron chi connectivity index (χ0n) is 11.1. The molecule has 0 bridgehead atoms. The van der Waals surface area contributed by atoms with Crippen LogP contribution in [0, 0.1) is 5.92 Å². The first-order valence-corrected chi connectivity index (χ1v) is 6.20. The van der Waals surface area contributed by atoms with E-state index in [0.29, 0.717) is 17.9 Å². The van der Waals surface area contributed by atoms with Gasteiger partial charge in [0.2, 0.25) is 0 Å². The van der Waals surface area contributed by atoms with Gasteiger partial charge >= 0.3 is 5.97 Å². The molecule has 7 heteroatoms. The fourth-order valence-corrected chi connectivity index (χ4v) is 1.68. The van der Waals surface area contributed by atoms with E-state index in [1.54, 1.807) is 6.92 Å². The minimum Gasteiger partial charge on any atom is -0.394 e. The zero-order valence-corrected chi connectivity index (χ0v) is 11.1. The van der Waals surface area contributed by atoms with Crippen molar-refractivity contribution in [3.05, 3.63) is 0 Å². The molecule has 2 unspecified atom stereocenters. The summed E-state index contributed by atoms with van der Waals surface area (Å²) < 4.78 is 4.98. The van der Waals surface area contributed by atoms with Crippen molar-refractivity contribution in [1.82, 2.24) is 5.06 Å². The second-order valence-electron chi connectivity index (χ2n) is 4.51. The Morgan fingerprint density at radius 2 is 1.89 bits per heavy atom. The van der Waals surface area contributed by atoms with E-state index in [4.69, 9.17) is 14.7 Å². The van der Waals surface area contributed by atoms with Gasteiger partial charge in [-0.1, -0.05) is 6.92 Å². The Morgan fingerprint density at radius 1 is 1.32 bits per heavy atom. The Hall–Kier alpha value is -1.47. The molecule has 1 N–H and O–H groups in total. The summed E-state index contributed by atoms with van der Waals surface area (Å²) in [4.78, 5) is 39.0. The van der Waals surface area contributed by atoms with Crippen LogP contribution in [0.15, 0.2) is 0 Å². The molecule has 2 amide bonds. The second-order valence-corrected chi connectivity index (χ2v) is 4.51. The molecule has 1 saturated heterocycles. The van der Waals surface area contributed by atoms with Gasteiger partial charge in [0, 0.05) is 20.0 Å². The van der Waals surface area contributed by atoms with E-state index in [-0.39, 0.29) is 25.6 Å². The van der Waals surface area contributed by atoms with Gasteiger partial charge in [-0.25, -0.2) is 4.79 Å². The number of imide groups is 1. The lowest BCUT2D eigenvalue weighted by Crippen LogP contribution is -2.34. The molecule has 0 spiro atoms. The maximum Gasteiger partial charge on any atom is 0.335 e. The number of aliphatic hydroxyl groups is 1. The highest BCUT2D eigenvalue weighted by molar-refractivity contribution is 6.01. The van der Waals surface area contributed by atoms with Crippen LogP contribution in [0.4, 0.5) is 0 Å². The molecular formula is C12H19NO6. The summed E-state index contributed by atoms with van der Waals surface area (Å²) in [6, 6.07) is 0. The van der Waals surface area contributed by atoms with Crippen molar-refractivity contribution in [2.24, 2.45) is 5.92 Å². The number of nitrogens with zero attached hydrogens (tertiary/aromatic N) is 1. The normalized spacial score (nSPS) is 18.6. The lowest BCUT2D eigenvalue weighted by atomic mass is 10.0. The third-order valence-corrected chi connectivity index (χ3v) is 3.05. The summed E-state index contributed by atoms with van der Waals surface area (Å²) in [6.07, 6.45) is 0.762. The van der Waals surface area contributed by atoms with Crippen molar-refractivity contribution < 1.29 is 29.1 Å². The summed E-state index contributed by atoms with van der Waals surface area (Å²) in [7, 11) is 1.48. The molecule has 0 aromatic carbocycles. The SMILES string of the molecule is COC(CO)CCC(C)C(=O)ON1C(=O)CCC1=O. The van der Waals surface area contributed by atoms with Gasteiger partial charge < -0.3 is 14.7 Å². The van der Waals surface area contributed by atoms with Crippen LogP contribution in [0.5, 0.6) is 0 Å². The molecule has 1 fully saturated rings. The first-order chi connectivity index (χ1) is 8.99. The van der Waals surface area contributed by atoms with Crippen LogP contribution in [0.1, 0.15) is 32.6 Å². The van der Waals surface area contributed by atoms with Gasteiger partial charge in [-0.2, -0.15) is 0 Å². The standard InChI is InChI=1S/C12H19NO6/c1-8(3-4-9(7-14)18-2)12(17)19-13-10(15)5-6-11(13)16/h8-9,14H,3-7H2,1-2H3. The van der Waals surface area contributed by atoms with Gasteiger partial charge in [-0.05, 0) is 12.8 Å². The molecule has 2 atom stereocenters. The molecule has 108 valence electrons. The van der Waals surface area contributed by atoms with Crippen molar-refractivity contribution in [3.63, 3.8) is 0 Å². The summed E-state index contributed by atoms with van der Waals surface area (Å²) in [5.41, 5.74) is 0. The average molecular weight is 273 g/mol. The third kappa shape index (κ3) is 4.29. The average Bonchev–Trinajstić information content (AvgIpc) is 2.71. The number of hydrogen-bond acceptors (Lipinski definition) is 6. The molecule has 0 aliphatic carbocycles. The molecule has 1 heterocycles. The maximum atomic E-state index is 11.7. The first-order valence-electron chi connectivity index (χ1n) is 6.20. The molecule has 0 aromatic heterocycles. The number of aliphatic hydroxyl groups excluding tert-OH is 1. The summed E-state index contributed by atoms with van der Waals surface area (Å²) in [5.74, 6) is -2.09. The number of ether oxygens (including phenoxy) is 1. The van der Waals surface area contributed by atoms with Crippen molar-refractivity contribution in [2.75, 3.05) is 13.7 Å². The molecule has 0 saturated carbocycles. The molecule has 19 heavy (non-hydrogen) atoms. The predicted molar refractivity (Wildman–Crippen MR) is 63.5 cm³/mol. The quantitative estimate of drug-likeness (QED) is 0.657. The number of hydrogen-bond donors (Lipinski definition) is 1. The fraction of sp³-hybridized carbons (Fsp3) is 0.750. The molecule has 0 radical (unpaired) electrons. The van der Waals surface area contributed by atoms with Crippen molar-refractivity contribution >= 4 is 17.8 Å². The monoisotopic (exact) mass is 273 g/mol. The predicted octanol–water partition coefficient (Wildman–Crippen LogP) is 0.0172. The summed E-state index contributed by atoms with van der Waals surface area (Å²) >= 11 is 0. The minimum absolute atomic E-state index is 0.0801. The van der Waals surface area contributed by atoms with E-state index in [9.17, 15) is 14.4 Å². The molecular weight excluding hydrogens is 254 g/mol. The topological polar surface area (TPSA) is 93.1 Å². The van der Waals surface area contributed by atoms with Crippen molar-refractivity contribution in [1.29, 1.82) is 0 Å².